The van der Waals surface area contributed by atoms with Crippen LogP contribution in [0.2, 0.25) is 0 Å². The first-order valence-corrected chi connectivity index (χ1v) is 8.36. The summed E-state index contributed by atoms with van der Waals surface area (Å²) in [6, 6.07) is 13.3. The van der Waals surface area contributed by atoms with E-state index in [9.17, 15) is 4.79 Å². The molecule has 134 valence electrons. The van der Waals surface area contributed by atoms with Crippen LogP contribution >= 0.6 is 0 Å². The molecule has 0 bridgehead atoms. The summed E-state index contributed by atoms with van der Waals surface area (Å²) in [5.74, 6) is 1.41. The van der Waals surface area contributed by atoms with Crippen LogP contribution in [0.4, 0.5) is 0 Å². The summed E-state index contributed by atoms with van der Waals surface area (Å²) in [6.07, 6.45) is 1.72. The molecule has 0 unspecified atom stereocenters. The lowest BCUT2D eigenvalue weighted by molar-refractivity contribution is -0.129. The van der Waals surface area contributed by atoms with Crippen molar-refractivity contribution in [2.24, 2.45) is 4.99 Å². The molecule has 1 aliphatic heterocycles. The third kappa shape index (κ3) is 3.77. The number of cyclic esters (lactones) is 1. The fourth-order valence-corrected chi connectivity index (χ4v) is 2.60. The molecule has 0 amide bonds. The van der Waals surface area contributed by atoms with Crippen molar-refractivity contribution in [2.75, 3.05) is 14.2 Å². The van der Waals surface area contributed by atoms with Crippen LogP contribution in [0.1, 0.15) is 36.5 Å². The van der Waals surface area contributed by atoms with Crippen molar-refractivity contribution >= 4 is 17.9 Å². The van der Waals surface area contributed by atoms with Gasteiger partial charge in [-0.15, -0.1) is 0 Å². The minimum Gasteiger partial charge on any atom is -0.497 e. The van der Waals surface area contributed by atoms with Crippen molar-refractivity contribution in [3.05, 3.63) is 64.9 Å². The summed E-state index contributed by atoms with van der Waals surface area (Å²) in [4.78, 5) is 16.5. The van der Waals surface area contributed by atoms with Gasteiger partial charge in [-0.2, -0.15) is 0 Å². The molecule has 5 nitrogen and oxygen atoms in total. The molecule has 0 spiro atoms. The van der Waals surface area contributed by atoms with E-state index < -0.39 is 5.97 Å². The first-order chi connectivity index (χ1) is 12.5. The van der Waals surface area contributed by atoms with Gasteiger partial charge >= 0.3 is 5.97 Å². The number of aliphatic imine (C=N–C) groups is 1. The lowest BCUT2D eigenvalue weighted by atomic mass is 10.0. The zero-order chi connectivity index (χ0) is 18.7. The van der Waals surface area contributed by atoms with Crippen molar-refractivity contribution < 1.29 is 19.0 Å². The van der Waals surface area contributed by atoms with E-state index in [1.807, 2.05) is 12.1 Å². The fourth-order valence-electron chi connectivity index (χ4n) is 2.60. The number of benzene rings is 2. The summed E-state index contributed by atoms with van der Waals surface area (Å²) >= 11 is 0. The first-order valence-electron chi connectivity index (χ1n) is 8.36. The van der Waals surface area contributed by atoms with Gasteiger partial charge in [0.05, 0.1) is 14.2 Å². The van der Waals surface area contributed by atoms with Gasteiger partial charge in [-0.05, 0) is 35.3 Å². The van der Waals surface area contributed by atoms with Crippen molar-refractivity contribution in [3.8, 4) is 11.5 Å². The van der Waals surface area contributed by atoms with Crippen LogP contribution in [0.15, 0.2) is 53.2 Å². The Morgan fingerprint density at radius 2 is 1.62 bits per heavy atom. The van der Waals surface area contributed by atoms with Crippen LogP contribution in [-0.4, -0.2) is 26.1 Å². The second-order valence-corrected chi connectivity index (χ2v) is 6.26. The number of hydrogen-bond acceptors (Lipinski definition) is 5. The summed E-state index contributed by atoms with van der Waals surface area (Å²) in [5, 5.41) is 0. The van der Waals surface area contributed by atoms with Gasteiger partial charge in [0.25, 0.3) is 0 Å². The monoisotopic (exact) mass is 351 g/mol. The van der Waals surface area contributed by atoms with Gasteiger partial charge in [0.15, 0.2) is 5.70 Å². The van der Waals surface area contributed by atoms with E-state index in [2.05, 4.69) is 31.0 Å². The van der Waals surface area contributed by atoms with Crippen molar-refractivity contribution in [3.63, 3.8) is 0 Å². The average molecular weight is 351 g/mol. The van der Waals surface area contributed by atoms with Crippen molar-refractivity contribution in [1.29, 1.82) is 0 Å². The Morgan fingerprint density at radius 1 is 1.00 bits per heavy atom. The maximum atomic E-state index is 12.2. The standard InChI is InChI=1S/C21H21NO4/c1-13(2)15-7-5-14(6-8-15)9-19-21(23)26-20(22-19)16-10-17(24-3)12-18(11-16)25-4/h5-13H,1-4H3. The highest BCUT2D eigenvalue weighted by Crippen LogP contribution is 2.26. The minimum absolute atomic E-state index is 0.234. The Balaban J connectivity index is 1.91. The molecule has 0 N–H and O–H groups in total. The van der Waals surface area contributed by atoms with Crippen molar-refractivity contribution in [1.82, 2.24) is 0 Å². The summed E-state index contributed by atoms with van der Waals surface area (Å²) in [6.45, 7) is 4.28. The zero-order valence-electron chi connectivity index (χ0n) is 15.3. The number of ether oxygens (including phenoxy) is 3. The Hall–Kier alpha value is -3.08. The number of carbonyl (C=O) groups is 1. The maximum absolute atomic E-state index is 12.2. The molecule has 1 heterocycles. The van der Waals surface area contributed by atoms with Crippen LogP contribution in [0.5, 0.6) is 11.5 Å². The summed E-state index contributed by atoms with van der Waals surface area (Å²) in [7, 11) is 3.13. The topological polar surface area (TPSA) is 57.1 Å². The Kier molecular flexibility index (Phi) is 5.07. The van der Waals surface area contributed by atoms with Gasteiger partial charge < -0.3 is 14.2 Å². The van der Waals surface area contributed by atoms with E-state index in [0.717, 1.165) is 5.56 Å². The molecule has 1 aliphatic rings. The van der Waals surface area contributed by atoms with E-state index in [4.69, 9.17) is 14.2 Å². The highest BCUT2D eigenvalue weighted by Gasteiger charge is 2.25. The van der Waals surface area contributed by atoms with Crippen molar-refractivity contribution in [2.45, 2.75) is 19.8 Å². The number of esters is 1. The lowest BCUT2D eigenvalue weighted by Crippen LogP contribution is -2.06. The third-order valence-corrected chi connectivity index (χ3v) is 4.13. The van der Waals surface area contributed by atoms with Crippen LogP contribution < -0.4 is 9.47 Å². The molecule has 0 fully saturated rings. The highest BCUT2D eigenvalue weighted by atomic mass is 16.6. The summed E-state index contributed by atoms with van der Waals surface area (Å²) < 4.78 is 15.8. The van der Waals surface area contributed by atoms with Crippen LogP contribution in [0, 0.1) is 0 Å². The third-order valence-electron chi connectivity index (χ3n) is 4.13. The molecule has 0 radical (unpaired) electrons. The van der Waals surface area contributed by atoms with E-state index in [-0.39, 0.29) is 11.6 Å². The normalized spacial score (nSPS) is 15.2. The Labute approximate surface area is 152 Å². The molecule has 0 aliphatic carbocycles. The number of rotatable bonds is 5. The van der Waals surface area contributed by atoms with E-state index in [0.29, 0.717) is 23.0 Å². The predicted octanol–water partition coefficient (Wildman–Crippen LogP) is 4.17. The number of carbonyl (C=O) groups excluding carboxylic acids is 1. The largest absolute Gasteiger partial charge is 0.497 e. The first kappa shape index (κ1) is 17.7. The van der Waals surface area contributed by atoms with Gasteiger partial charge in [-0.25, -0.2) is 9.79 Å². The summed E-state index contributed by atoms with van der Waals surface area (Å²) in [5.41, 5.74) is 3.02. The van der Waals surface area contributed by atoms with E-state index in [1.165, 1.54) is 5.56 Å². The van der Waals surface area contributed by atoms with Gasteiger partial charge in [0.1, 0.15) is 11.5 Å². The number of hydrogen-bond donors (Lipinski definition) is 0. The molecule has 5 heteroatoms. The zero-order valence-corrected chi connectivity index (χ0v) is 15.3. The van der Waals surface area contributed by atoms with Gasteiger partial charge in [-0.3, -0.25) is 0 Å². The Morgan fingerprint density at radius 3 is 2.15 bits per heavy atom. The quantitative estimate of drug-likeness (QED) is 0.599. The van der Waals surface area contributed by atoms with Gasteiger partial charge in [0, 0.05) is 11.6 Å². The number of methoxy groups -OCH3 is 2. The molecule has 0 saturated heterocycles. The highest BCUT2D eigenvalue weighted by molar-refractivity contribution is 6.13. The molecular formula is C21H21NO4. The molecule has 0 atom stereocenters. The predicted molar refractivity (Wildman–Crippen MR) is 101 cm³/mol. The molecule has 2 aromatic carbocycles. The molecule has 0 aromatic heterocycles. The molecule has 3 rings (SSSR count). The second-order valence-electron chi connectivity index (χ2n) is 6.26. The molecule has 0 saturated carbocycles. The Bertz CT molecular complexity index is 857. The smallest absolute Gasteiger partial charge is 0.363 e. The molecule has 26 heavy (non-hydrogen) atoms. The van der Waals surface area contributed by atoms with Crippen LogP contribution in [0.3, 0.4) is 0 Å². The van der Waals surface area contributed by atoms with Gasteiger partial charge in [0.2, 0.25) is 5.90 Å². The van der Waals surface area contributed by atoms with E-state index >= 15 is 0 Å². The lowest BCUT2D eigenvalue weighted by Gasteiger charge is -2.07. The second kappa shape index (κ2) is 7.44. The maximum Gasteiger partial charge on any atom is 0.363 e. The average Bonchev–Trinajstić information content (AvgIpc) is 3.02. The van der Waals surface area contributed by atoms with Gasteiger partial charge in [-0.1, -0.05) is 38.1 Å². The van der Waals surface area contributed by atoms with E-state index in [1.54, 1.807) is 38.5 Å². The fraction of sp³-hybridized carbons (Fsp3) is 0.238. The van der Waals surface area contributed by atoms with Crippen LogP contribution in [-0.2, 0) is 9.53 Å². The van der Waals surface area contributed by atoms with Crippen LogP contribution in [0.25, 0.3) is 6.08 Å². The SMILES string of the molecule is COc1cc(OC)cc(C2=NC(=Cc3ccc(C(C)C)cc3)C(=O)O2)c1. The number of nitrogens with zero attached hydrogens (tertiary/aromatic N) is 1. The molecular weight excluding hydrogens is 330 g/mol. The minimum atomic E-state index is -0.477. The molecule has 2 aromatic rings.